The molecule has 31 heavy (non-hydrogen) atoms. The van der Waals surface area contributed by atoms with Crippen molar-refractivity contribution in [2.45, 2.75) is 13.5 Å². The molecule has 1 amide bonds. The molecule has 6 heteroatoms. The molecule has 0 radical (unpaired) electrons. The van der Waals surface area contributed by atoms with Crippen LogP contribution in [-0.4, -0.2) is 35.7 Å². The zero-order valence-electron chi connectivity index (χ0n) is 17.1. The highest BCUT2D eigenvalue weighted by Gasteiger charge is 2.17. The molecule has 0 spiro atoms. The topological polar surface area (TPSA) is 63.7 Å². The Bertz CT molecular complexity index is 1060. The smallest absolute Gasteiger partial charge is 0.338 e. The number of carbonyl (C=O) groups is 3. The van der Waals surface area contributed by atoms with Crippen LogP contribution in [0.25, 0.3) is 0 Å². The number of rotatable bonds is 8. The lowest BCUT2D eigenvalue weighted by molar-refractivity contribution is -0.134. The first-order valence-electron chi connectivity index (χ1n) is 9.87. The summed E-state index contributed by atoms with van der Waals surface area (Å²) in [5.74, 6) is -1.56. The van der Waals surface area contributed by atoms with E-state index in [4.69, 9.17) is 4.74 Å². The third-order valence-electron chi connectivity index (χ3n) is 4.74. The van der Waals surface area contributed by atoms with Crippen LogP contribution in [0.4, 0.5) is 4.39 Å². The molecule has 5 nitrogen and oxygen atoms in total. The van der Waals surface area contributed by atoms with Crippen molar-refractivity contribution in [1.29, 1.82) is 0 Å². The highest BCUT2D eigenvalue weighted by molar-refractivity contribution is 6.09. The number of ether oxygens (including phenoxy) is 1. The van der Waals surface area contributed by atoms with Crippen molar-refractivity contribution in [2.75, 3.05) is 13.2 Å². The molecule has 3 aromatic carbocycles. The van der Waals surface area contributed by atoms with Gasteiger partial charge in [-0.3, -0.25) is 9.59 Å². The van der Waals surface area contributed by atoms with E-state index in [0.29, 0.717) is 23.2 Å². The first-order valence-corrected chi connectivity index (χ1v) is 9.87. The lowest BCUT2D eigenvalue weighted by Crippen LogP contribution is -2.34. The molecule has 0 aliphatic heterocycles. The van der Waals surface area contributed by atoms with E-state index in [1.165, 1.54) is 29.2 Å². The number of hydrogen-bond acceptors (Lipinski definition) is 4. The highest BCUT2D eigenvalue weighted by atomic mass is 19.1. The number of benzene rings is 3. The minimum Gasteiger partial charge on any atom is -0.452 e. The maximum Gasteiger partial charge on any atom is 0.338 e. The van der Waals surface area contributed by atoms with Gasteiger partial charge in [0.1, 0.15) is 5.82 Å². The zero-order valence-corrected chi connectivity index (χ0v) is 17.1. The van der Waals surface area contributed by atoms with Crippen LogP contribution < -0.4 is 0 Å². The van der Waals surface area contributed by atoms with Gasteiger partial charge in [-0.15, -0.1) is 0 Å². The Kier molecular flexibility index (Phi) is 7.27. The molecular weight excluding hydrogens is 397 g/mol. The van der Waals surface area contributed by atoms with Gasteiger partial charge in [-0.05, 0) is 36.8 Å². The predicted molar refractivity (Wildman–Crippen MR) is 114 cm³/mol. The molecule has 0 fully saturated rings. The summed E-state index contributed by atoms with van der Waals surface area (Å²) in [7, 11) is 0. The van der Waals surface area contributed by atoms with Crippen molar-refractivity contribution in [1.82, 2.24) is 4.90 Å². The third kappa shape index (κ3) is 5.85. The van der Waals surface area contributed by atoms with Gasteiger partial charge in [-0.1, -0.05) is 54.6 Å². The zero-order chi connectivity index (χ0) is 22.2. The van der Waals surface area contributed by atoms with Crippen molar-refractivity contribution >= 4 is 17.7 Å². The molecule has 158 valence electrons. The second-order valence-electron chi connectivity index (χ2n) is 6.89. The molecule has 0 aromatic heterocycles. The Morgan fingerprint density at radius 1 is 0.839 bits per heavy atom. The van der Waals surface area contributed by atoms with Gasteiger partial charge in [0.05, 0.1) is 5.56 Å². The van der Waals surface area contributed by atoms with Gasteiger partial charge in [-0.2, -0.15) is 0 Å². The summed E-state index contributed by atoms with van der Waals surface area (Å²) in [4.78, 5) is 38.6. The van der Waals surface area contributed by atoms with Crippen LogP contribution >= 0.6 is 0 Å². The molecule has 3 rings (SSSR count). The predicted octanol–water partition coefficient (Wildman–Crippen LogP) is 4.26. The van der Waals surface area contributed by atoms with Crippen LogP contribution in [0.5, 0.6) is 0 Å². The molecular formula is C25H22FNO4. The van der Waals surface area contributed by atoms with Crippen LogP contribution in [0.15, 0.2) is 78.9 Å². The lowest BCUT2D eigenvalue weighted by atomic mass is 10.0. The molecule has 0 heterocycles. The number of carbonyl (C=O) groups excluding carboxylic acids is 3. The van der Waals surface area contributed by atoms with E-state index in [0.717, 1.165) is 0 Å². The Labute approximate surface area is 180 Å². The summed E-state index contributed by atoms with van der Waals surface area (Å²) in [6.07, 6.45) is 0. The second-order valence-corrected chi connectivity index (χ2v) is 6.89. The first kappa shape index (κ1) is 21.9. The summed E-state index contributed by atoms with van der Waals surface area (Å²) in [5, 5.41) is 0. The fourth-order valence-corrected chi connectivity index (χ4v) is 3.05. The average molecular weight is 419 g/mol. The molecule has 0 aliphatic carbocycles. The Morgan fingerprint density at radius 2 is 1.48 bits per heavy atom. The monoisotopic (exact) mass is 419 g/mol. The Morgan fingerprint density at radius 3 is 2.13 bits per heavy atom. The summed E-state index contributed by atoms with van der Waals surface area (Å²) < 4.78 is 18.5. The van der Waals surface area contributed by atoms with Crippen LogP contribution in [0.3, 0.4) is 0 Å². The van der Waals surface area contributed by atoms with E-state index in [9.17, 15) is 18.8 Å². The number of likely N-dealkylation sites (N-methyl/N-ethyl adjacent to an activating group) is 1. The number of nitrogens with zero attached hydrogens (tertiary/aromatic N) is 1. The summed E-state index contributed by atoms with van der Waals surface area (Å²) in [6, 6.07) is 20.9. The highest BCUT2D eigenvalue weighted by Crippen LogP contribution is 2.12. The van der Waals surface area contributed by atoms with Gasteiger partial charge in [0, 0.05) is 24.2 Å². The molecule has 0 atom stereocenters. The van der Waals surface area contributed by atoms with E-state index in [1.54, 1.807) is 55.5 Å². The average Bonchev–Trinajstić information content (AvgIpc) is 2.81. The minimum atomic E-state index is -0.658. The molecule has 3 aromatic rings. The van der Waals surface area contributed by atoms with Gasteiger partial charge in [-0.25, -0.2) is 9.18 Å². The van der Waals surface area contributed by atoms with Crippen molar-refractivity contribution in [3.8, 4) is 0 Å². The molecule has 0 aliphatic rings. The molecule has 0 saturated heterocycles. The van der Waals surface area contributed by atoms with Crippen LogP contribution in [0.1, 0.15) is 38.8 Å². The largest absolute Gasteiger partial charge is 0.452 e. The number of esters is 1. The van der Waals surface area contributed by atoms with Crippen molar-refractivity contribution in [3.05, 3.63) is 107 Å². The Balaban J connectivity index is 1.57. The van der Waals surface area contributed by atoms with Crippen LogP contribution in [-0.2, 0) is 16.1 Å². The summed E-state index contributed by atoms with van der Waals surface area (Å²) in [5.41, 5.74) is 1.90. The van der Waals surface area contributed by atoms with Gasteiger partial charge in [0.15, 0.2) is 12.4 Å². The van der Waals surface area contributed by atoms with E-state index in [2.05, 4.69) is 0 Å². The van der Waals surface area contributed by atoms with E-state index in [1.807, 2.05) is 6.07 Å². The molecule has 0 unspecified atom stereocenters. The fraction of sp³-hybridized carbons (Fsp3) is 0.160. The lowest BCUT2D eigenvalue weighted by Gasteiger charge is -2.21. The standard InChI is InChI=1S/C25H22FNO4/c1-2-27(16-18-7-6-10-22(26)15-18)23(28)17-31-25(30)21-13-11-20(12-14-21)24(29)19-8-4-3-5-9-19/h3-15H,2,16-17H2,1H3. The van der Waals surface area contributed by atoms with E-state index < -0.39 is 12.6 Å². The summed E-state index contributed by atoms with van der Waals surface area (Å²) in [6.45, 7) is 1.98. The minimum absolute atomic E-state index is 0.147. The third-order valence-corrected chi connectivity index (χ3v) is 4.74. The van der Waals surface area contributed by atoms with E-state index in [-0.39, 0.29) is 29.6 Å². The Hall–Kier alpha value is -3.80. The van der Waals surface area contributed by atoms with Gasteiger partial charge < -0.3 is 9.64 Å². The molecule has 0 bridgehead atoms. The van der Waals surface area contributed by atoms with Gasteiger partial charge in [0.2, 0.25) is 0 Å². The maximum atomic E-state index is 13.3. The van der Waals surface area contributed by atoms with Crippen LogP contribution in [0, 0.1) is 5.82 Å². The quantitative estimate of drug-likeness (QED) is 0.404. The molecule has 0 saturated carbocycles. The van der Waals surface area contributed by atoms with Crippen molar-refractivity contribution < 1.29 is 23.5 Å². The van der Waals surface area contributed by atoms with Crippen molar-refractivity contribution in [2.24, 2.45) is 0 Å². The second kappa shape index (κ2) is 10.3. The SMILES string of the molecule is CCN(Cc1cccc(F)c1)C(=O)COC(=O)c1ccc(C(=O)c2ccccc2)cc1. The fourth-order valence-electron chi connectivity index (χ4n) is 3.05. The van der Waals surface area contributed by atoms with E-state index >= 15 is 0 Å². The maximum absolute atomic E-state index is 13.3. The molecule has 0 N–H and O–H groups in total. The van der Waals surface area contributed by atoms with Gasteiger partial charge >= 0.3 is 5.97 Å². The van der Waals surface area contributed by atoms with Crippen molar-refractivity contribution in [3.63, 3.8) is 0 Å². The number of halogens is 1. The number of amides is 1. The summed E-state index contributed by atoms with van der Waals surface area (Å²) >= 11 is 0. The van der Waals surface area contributed by atoms with Gasteiger partial charge in [0.25, 0.3) is 5.91 Å². The number of ketones is 1. The first-order chi connectivity index (χ1) is 15.0. The number of hydrogen-bond donors (Lipinski definition) is 0. The normalized spacial score (nSPS) is 10.4. The van der Waals surface area contributed by atoms with Crippen LogP contribution in [0.2, 0.25) is 0 Å².